The van der Waals surface area contributed by atoms with Crippen LogP contribution in [0.25, 0.3) is 16.6 Å². The number of nitrogens with zero attached hydrogens (tertiary/aromatic N) is 4. The summed E-state index contributed by atoms with van der Waals surface area (Å²) in [6.07, 6.45) is 1.82. The Morgan fingerprint density at radius 3 is 2.37 bits per heavy atom. The van der Waals surface area contributed by atoms with Crippen LogP contribution in [0.1, 0.15) is 11.4 Å². The van der Waals surface area contributed by atoms with E-state index in [1.165, 1.54) is 0 Å². The molecule has 0 radical (unpaired) electrons. The Labute approximate surface area is 179 Å². The Balaban J connectivity index is 1.63. The fraction of sp³-hybridized carbons (Fsp3) is 0.125. The number of aryl methyl sites for hydroxylation is 1. The van der Waals surface area contributed by atoms with Crippen molar-refractivity contribution in [2.75, 3.05) is 19.0 Å². The summed E-state index contributed by atoms with van der Waals surface area (Å²) >= 11 is 6.06. The van der Waals surface area contributed by atoms with Gasteiger partial charge in [0.25, 0.3) is 5.56 Å². The molecule has 0 atom stereocenters. The first-order chi connectivity index (χ1) is 14.4. The second-order valence-electron chi connectivity index (χ2n) is 7.22. The maximum Gasteiger partial charge on any atom is 0.266 e. The van der Waals surface area contributed by atoms with E-state index in [0.717, 1.165) is 22.6 Å². The monoisotopic (exact) mass is 416 g/mol. The molecule has 4 rings (SSSR count). The van der Waals surface area contributed by atoms with Crippen molar-refractivity contribution in [1.82, 2.24) is 9.55 Å². The standard InChI is InChI=1S/C24H21ClN4O/c1-16-27-23-13-6-18(25)14-22(23)24(30)29(16)21-11-7-19(8-12-21)26-15-17-4-9-20(10-5-17)28(2)3/h4-15H,1-3H3. The largest absolute Gasteiger partial charge is 0.378 e. The summed E-state index contributed by atoms with van der Waals surface area (Å²) in [5.74, 6) is 0.618. The average Bonchev–Trinajstić information content (AvgIpc) is 2.74. The third-order valence-electron chi connectivity index (χ3n) is 4.88. The Bertz CT molecular complexity index is 1290. The first-order valence-electron chi connectivity index (χ1n) is 9.53. The zero-order valence-electron chi connectivity index (χ0n) is 17.0. The van der Waals surface area contributed by atoms with Crippen molar-refractivity contribution >= 4 is 40.1 Å². The fourth-order valence-corrected chi connectivity index (χ4v) is 3.44. The predicted octanol–water partition coefficient (Wildman–Crippen LogP) is 5.16. The number of hydrogen-bond donors (Lipinski definition) is 0. The van der Waals surface area contributed by atoms with E-state index in [4.69, 9.17) is 11.6 Å². The van der Waals surface area contributed by atoms with E-state index < -0.39 is 0 Å². The Kier molecular flexibility index (Phi) is 5.38. The number of aliphatic imine (C=N–C) groups is 1. The van der Waals surface area contributed by atoms with E-state index >= 15 is 0 Å². The van der Waals surface area contributed by atoms with E-state index in [1.54, 1.807) is 22.8 Å². The van der Waals surface area contributed by atoms with Crippen molar-refractivity contribution in [2.24, 2.45) is 4.99 Å². The topological polar surface area (TPSA) is 50.5 Å². The van der Waals surface area contributed by atoms with Crippen molar-refractivity contribution in [3.8, 4) is 5.69 Å². The van der Waals surface area contributed by atoms with Crippen LogP contribution in [0, 0.1) is 6.92 Å². The van der Waals surface area contributed by atoms with Gasteiger partial charge in [0.05, 0.1) is 22.3 Å². The van der Waals surface area contributed by atoms with Crippen molar-refractivity contribution < 1.29 is 0 Å². The molecule has 0 aliphatic carbocycles. The molecule has 0 unspecified atom stereocenters. The molecule has 0 saturated heterocycles. The highest BCUT2D eigenvalue weighted by molar-refractivity contribution is 6.31. The zero-order valence-corrected chi connectivity index (χ0v) is 17.8. The zero-order chi connectivity index (χ0) is 21.3. The molecule has 1 heterocycles. The first kappa shape index (κ1) is 19.9. The van der Waals surface area contributed by atoms with Crippen molar-refractivity contribution in [1.29, 1.82) is 0 Å². The van der Waals surface area contributed by atoms with E-state index in [1.807, 2.05) is 63.6 Å². The normalized spacial score (nSPS) is 11.3. The van der Waals surface area contributed by atoms with E-state index in [-0.39, 0.29) is 5.56 Å². The average molecular weight is 417 g/mol. The molecule has 5 nitrogen and oxygen atoms in total. The molecule has 0 spiro atoms. The molecular weight excluding hydrogens is 396 g/mol. The number of rotatable bonds is 4. The minimum Gasteiger partial charge on any atom is -0.378 e. The van der Waals surface area contributed by atoms with Gasteiger partial charge in [0.15, 0.2) is 0 Å². The molecule has 0 saturated carbocycles. The lowest BCUT2D eigenvalue weighted by atomic mass is 10.2. The molecule has 0 amide bonds. The molecular formula is C24H21ClN4O. The van der Waals surface area contributed by atoms with Gasteiger partial charge in [0.2, 0.25) is 0 Å². The minimum atomic E-state index is -0.141. The fourth-order valence-electron chi connectivity index (χ4n) is 3.27. The molecule has 0 bridgehead atoms. The van der Waals surface area contributed by atoms with Gasteiger partial charge < -0.3 is 4.90 Å². The van der Waals surface area contributed by atoms with Crippen LogP contribution < -0.4 is 10.5 Å². The van der Waals surface area contributed by atoms with E-state index in [0.29, 0.717) is 21.7 Å². The second kappa shape index (κ2) is 8.13. The smallest absolute Gasteiger partial charge is 0.266 e. The van der Waals surface area contributed by atoms with E-state index in [2.05, 4.69) is 27.0 Å². The van der Waals surface area contributed by atoms with Crippen molar-refractivity contribution in [2.45, 2.75) is 6.92 Å². The number of benzene rings is 3. The van der Waals surface area contributed by atoms with Gasteiger partial charge in [-0.1, -0.05) is 23.7 Å². The summed E-state index contributed by atoms with van der Waals surface area (Å²) in [6, 6.07) is 20.8. The highest BCUT2D eigenvalue weighted by atomic mass is 35.5. The first-order valence-corrected chi connectivity index (χ1v) is 9.91. The molecule has 150 valence electrons. The van der Waals surface area contributed by atoms with Crippen molar-refractivity contribution in [3.05, 3.63) is 93.5 Å². The summed E-state index contributed by atoms with van der Waals surface area (Å²) in [7, 11) is 4.02. The Hall–Kier alpha value is -3.44. The highest BCUT2D eigenvalue weighted by Gasteiger charge is 2.10. The number of aromatic nitrogens is 2. The predicted molar refractivity (Wildman–Crippen MR) is 125 cm³/mol. The van der Waals surface area contributed by atoms with Crippen LogP contribution in [0.4, 0.5) is 11.4 Å². The third kappa shape index (κ3) is 3.98. The number of fused-ring (bicyclic) bond motifs is 1. The van der Waals surface area contributed by atoms with Crippen LogP contribution in [0.2, 0.25) is 5.02 Å². The van der Waals surface area contributed by atoms with Crippen molar-refractivity contribution in [3.63, 3.8) is 0 Å². The molecule has 0 aliphatic heterocycles. The molecule has 3 aromatic carbocycles. The molecule has 0 fully saturated rings. The molecule has 1 aromatic heterocycles. The maximum atomic E-state index is 13.0. The summed E-state index contributed by atoms with van der Waals surface area (Å²) in [4.78, 5) is 24.1. The van der Waals surface area contributed by atoms with Crippen LogP contribution in [0.15, 0.2) is 76.5 Å². The Morgan fingerprint density at radius 1 is 1.00 bits per heavy atom. The molecule has 4 aromatic rings. The molecule has 30 heavy (non-hydrogen) atoms. The summed E-state index contributed by atoms with van der Waals surface area (Å²) < 4.78 is 1.59. The molecule has 0 N–H and O–H groups in total. The maximum absolute atomic E-state index is 13.0. The molecule has 0 aliphatic rings. The second-order valence-corrected chi connectivity index (χ2v) is 7.66. The van der Waals surface area contributed by atoms with Gasteiger partial charge in [-0.25, -0.2) is 4.98 Å². The van der Waals surface area contributed by atoms with Crippen LogP contribution in [0.3, 0.4) is 0 Å². The Morgan fingerprint density at radius 2 is 1.70 bits per heavy atom. The number of halogens is 1. The van der Waals surface area contributed by atoms with Gasteiger partial charge in [0.1, 0.15) is 5.82 Å². The lowest BCUT2D eigenvalue weighted by Crippen LogP contribution is -2.22. The minimum absolute atomic E-state index is 0.141. The van der Waals surface area contributed by atoms with Crippen LogP contribution in [-0.2, 0) is 0 Å². The van der Waals surface area contributed by atoms with Gasteiger partial charge in [-0.2, -0.15) is 0 Å². The van der Waals surface area contributed by atoms with Gasteiger partial charge in [0, 0.05) is 31.0 Å². The number of hydrogen-bond acceptors (Lipinski definition) is 4. The quantitative estimate of drug-likeness (QED) is 0.431. The summed E-state index contributed by atoms with van der Waals surface area (Å²) in [6.45, 7) is 1.82. The SMILES string of the molecule is Cc1nc2ccc(Cl)cc2c(=O)n1-c1ccc(N=Cc2ccc(N(C)C)cc2)cc1. The van der Waals surface area contributed by atoms with Gasteiger partial charge >= 0.3 is 0 Å². The lowest BCUT2D eigenvalue weighted by molar-refractivity contribution is 0.895. The van der Waals surface area contributed by atoms with Gasteiger partial charge in [-0.05, 0) is 67.1 Å². The van der Waals surface area contributed by atoms with Gasteiger partial charge in [-0.3, -0.25) is 14.4 Å². The summed E-state index contributed by atoms with van der Waals surface area (Å²) in [5.41, 5.74) is 4.20. The van der Waals surface area contributed by atoms with Crippen LogP contribution >= 0.6 is 11.6 Å². The molecule has 6 heteroatoms. The van der Waals surface area contributed by atoms with Gasteiger partial charge in [-0.15, -0.1) is 0 Å². The van der Waals surface area contributed by atoms with Crippen LogP contribution in [0.5, 0.6) is 0 Å². The summed E-state index contributed by atoms with van der Waals surface area (Å²) in [5, 5.41) is 1.01. The third-order valence-corrected chi connectivity index (χ3v) is 5.11. The lowest BCUT2D eigenvalue weighted by Gasteiger charge is -2.11. The number of anilines is 1. The highest BCUT2D eigenvalue weighted by Crippen LogP contribution is 2.19. The van der Waals surface area contributed by atoms with Crippen LogP contribution in [-0.4, -0.2) is 29.9 Å². The van der Waals surface area contributed by atoms with E-state index in [9.17, 15) is 4.79 Å².